The summed E-state index contributed by atoms with van der Waals surface area (Å²) in [5, 5.41) is 20.1. The molecule has 4 atom stereocenters. The van der Waals surface area contributed by atoms with Gasteiger partial charge in [0.05, 0.1) is 53.7 Å². The van der Waals surface area contributed by atoms with Gasteiger partial charge in [-0.15, -0.1) is 0 Å². The average Bonchev–Trinajstić information content (AvgIpc) is 3.56. The molecule has 0 bridgehead atoms. The minimum atomic E-state index is -0.649. The Labute approximate surface area is 200 Å². The molecule has 3 aliphatic heterocycles. The molecule has 34 heavy (non-hydrogen) atoms. The smallest absolute Gasteiger partial charge is 0.193 e. The molecule has 6 rings (SSSR count). The third kappa shape index (κ3) is 3.68. The van der Waals surface area contributed by atoms with Crippen molar-refractivity contribution in [2.24, 2.45) is 0 Å². The number of H-pyrrole nitrogens is 1. The van der Waals surface area contributed by atoms with E-state index in [0.717, 1.165) is 37.6 Å². The van der Waals surface area contributed by atoms with E-state index in [9.17, 15) is 10.4 Å². The summed E-state index contributed by atoms with van der Waals surface area (Å²) in [6.45, 7) is 3.68. The summed E-state index contributed by atoms with van der Waals surface area (Å²) in [6, 6.07) is 11.9. The Bertz CT molecular complexity index is 1250. The van der Waals surface area contributed by atoms with Gasteiger partial charge in [-0.05, 0) is 12.1 Å². The van der Waals surface area contributed by atoms with Crippen molar-refractivity contribution in [3.8, 4) is 23.2 Å². The quantitative estimate of drug-likeness (QED) is 0.583. The lowest BCUT2D eigenvalue weighted by molar-refractivity contribution is 0.00794. The Morgan fingerprint density at radius 1 is 1.15 bits per heavy atom. The zero-order chi connectivity index (χ0) is 23.2. The van der Waals surface area contributed by atoms with E-state index in [-0.39, 0.29) is 29.9 Å². The number of morpholine rings is 1. The van der Waals surface area contributed by atoms with Crippen LogP contribution in [0.2, 0.25) is 5.02 Å². The Morgan fingerprint density at radius 3 is 2.68 bits per heavy atom. The highest BCUT2D eigenvalue weighted by Gasteiger charge is 2.48. The lowest BCUT2D eigenvalue weighted by Crippen LogP contribution is -2.36. The Morgan fingerprint density at radius 2 is 1.91 bits per heavy atom. The molecule has 0 unspecified atom stereocenters. The Balaban J connectivity index is 1.30. The number of aliphatic hydroxyl groups excluding tert-OH is 1. The van der Waals surface area contributed by atoms with Crippen LogP contribution in [0.1, 0.15) is 5.56 Å². The Kier molecular flexibility index (Phi) is 5.56. The first-order valence-electron chi connectivity index (χ1n) is 11.3. The fourth-order valence-electron chi connectivity index (χ4n) is 4.82. The number of halogens is 1. The summed E-state index contributed by atoms with van der Waals surface area (Å²) >= 11 is 6.64. The topological polar surface area (TPSA) is 113 Å². The molecule has 3 saturated heterocycles. The van der Waals surface area contributed by atoms with Crippen LogP contribution >= 0.6 is 11.6 Å². The number of aromatic amines is 1. The molecular weight excluding hydrogens is 460 g/mol. The fourth-order valence-corrected chi connectivity index (χ4v) is 5.10. The highest BCUT2D eigenvalue weighted by atomic mass is 35.5. The number of anilines is 1. The highest BCUT2D eigenvalue weighted by Crippen LogP contribution is 2.36. The lowest BCUT2D eigenvalue weighted by Gasteiger charge is -2.28. The monoisotopic (exact) mass is 482 g/mol. The van der Waals surface area contributed by atoms with Gasteiger partial charge in [0.2, 0.25) is 0 Å². The van der Waals surface area contributed by atoms with E-state index in [2.05, 4.69) is 16.0 Å². The van der Waals surface area contributed by atoms with Crippen LogP contribution in [0.4, 0.5) is 5.69 Å². The molecule has 5 heterocycles. The first kappa shape index (κ1) is 21.6. The van der Waals surface area contributed by atoms with E-state index >= 15 is 0 Å². The zero-order valence-corrected chi connectivity index (χ0v) is 19.0. The molecule has 0 spiro atoms. The summed E-state index contributed by atoms with van der Waals surface area (Å²) in [4.78, 5) is 10.1. The molecule has 2 N–H and O–H groups in total. The number of nitriles is 1. The van der Waals surface area contributed by atoms with Crippen LogP contribution in [-0.4, -0.2) is 79.0 Å². The van der Waals surface area contributed by atoms with E-state index in [1.54, 1.807) is 6.07 Å². The second-order valence-corrected chi connectivity index (χ2v) is 9.00. The summed E-state index contributed by atoms with van der Waals surface area (Å²) < 4.78 is 22.8. The molecule has 3 aliphatic rings. The molecule has 3 fully saturated rings. The van der Waals surface area contributed by atoms with Gasteiger partial charge in [0.1, 0.15) is 24.4 Å². The van der Waals surface area contributed by atoms with Crippen LogP contribution in [-0.2, 0) is 14.2 Å². The maximum Gasteiger partial charge on any atom is 0.193 e. The van der Waals surface area contributed by atoms with Gasteiger partial charge in [-0.3, -0.25) is 0 Å². The highest BCUT2D eigenvalue weighted by molar-refractivity contribution is 6.35. The number of rotatable bonds is 4. The number of pyridine rings is 1. The number of aliphatic hydroxyl groups is 1. The van der Waals surface area contributed by atoms with Gasteiger partial charge in [0.15, 0.2) is 12.0 Å². The molecule has 3 aromatic rings. The normalized spacial score (nSPS) is 26.6. The predicted molar refractivity (Wildman–Crippen MR) is 124 cm³/mol. The van der Waals surface area contributed by atoms with E-state index in [4.69, 9.17) is 35.5 Å². The van der Waals surface area contributed by atoms with E-state index in [1.165, 1.54) is 0 Å². The van der Waals surface area contributed by atoms with Crippen LogP contribution in [0, 0.1) is 11.3 Å². The van der Waals surface area contributed by atoms with Crippen molar-refractivity contribution >= 4 is 28.3 Å². The maximum absolute atomic E-state index is 9.94. The van der Waals surface area contributed by atoms with Gasteiger partial charge in [0, 0.05) is 30.4 Å². The van der Waals surface area contributed by atoms with Crippen LogP contribution in [0.15, 0.2) is 30.3 Å². The van der Waals surface area contributed by atoms with Gasteiger partial charge in [-0.1, -0.05) is 23.7 Å². The van der Waals surface area contributed by atoms with Crippen LogP contribution in [0.3, 0.4) is 0 Å². The molecule has 0 aliphatic carbocycles. The van der Waals surface area contributed by atoms with E-state index in [0.29, 0.717) is 34.8 Å². The fraction of sp³-hybridized carbons (Fsp3) is 0.417. The van der Waals surface area contributed by atoms with Crippen LogP contribution in [0.25, 0.3) is 22.3 Å². The SMILES string of the molecule is N#Cc1c(Cl)c(-c2ccc(N3CCOCC3)cc2)nc2cc(O[C@@H]3CO[C@H]4[C@@H]3OC[C@H]4O)[nH]c12. The molecule has 10 heteroatoms. The average molecular weight is 483 g/mol. The second-order valence-electron chi connectivity index (χ2n) is 8.62. The van der Waals surface area contributed by atoms with Gasteiger partial charge in [-0.2, -0.15) is 5.26 Å². The van der Waals surface area contributed by atoms with Crippen LogP contribution in [0.5, 0.6) is 5.88 Å². The second kappa shape index (κ2) is 8.73. The molecular formula is C24H23ClN4O5. The third-order valence-electron chi connectivity index (χ3n) is 6.57. The first-order valence-corrected chi connectivity index (χ1v) is 11.6. The van der Waals surface area contributed by atoms with Crippen molar-refractivity contribution in [2.45, 2.75) is 24.4 Å². The number of benzene rings is 1. The summed E-state index contributed by atoms with van der Waals surface area (Å²) in [5.74, 6) is 0.439. The number of hydrogen-bond acceptors (Lipinski definition) is 8. The van der Waals surface area contributed by atoms with Gasteiger partial charge < -0.3 is 33.9 Å². The van der Waals surface area contributed by atoms with Crippen LogP contribution < -0.4 is 9.64 Å². The Hall–Kier alpha value is -2.87. The molecule has 0 amide bonds. The molecule has 9 nitrogen and oxygen atoms in total. The number of ether oxygens (including phenoxy) is 4. The number of nitrogens with one attached hydrogen (secondary N) is 1. The minimum Gasteiger partial charge on any atom is -0.470 e. The van der Waals surface area contributed by atoms with Crippen molar-refractivity contribution in [2.75, 3.05) is 44.4 Å². The minimum absolute atomic E-state index is 0.228. The first-order chi connectivity index (χ1) is 16.6. The standard InChI is InChI=1S/C24H23ClN4O5/c25-20-15(10-26)22-16(9-19(28-22)34-18-12-33-23-17(30)11-32-24(18)23)27-21(20)13-1-3-14(4-2-13)29-5-7-31-8-6-29/h1-4,9,17-18,23-24,28,30H,5-8,11-12H2/t17-,18-,23-,24-/m1/s1. The number of fused-ring (bicyclic) bond motifs is 2. The largest absolute Gasteiger partial charge is 0.470 e. The van der Waals surface area contributed by atoms with E-state index < -0.39 is 6.10 Å². The van der Waals surface area contributed by atoms with Crippen molar-refractivity contribution < 1.29 is 24.1 Å². The van der Waals surface area contributed by atoms with Gasteiger partial charge >= 0.3 is 0 Å². The lowest BCUT2D eigenvalue weighted by atomic mass is 10.1. The van der Waals surface area contributed by atoms with Crippen molar-refractivity contribution in [1.29, 1.82) is 5.26 Å². The van der Waals surface area contributed by atoms with Crippen molar-refractivity contribution in [1.82, 2.24) is 9.97 Å². The summed E-state index contributed by atoms with van der Waals surface area (Å²) in [5.41, 5.74) is 3.87. The zero-order valence-electron chi connectivity index (χ0n) is 18.2. The van der Waals surface area contributed by atoms with E-state index in [1.807, 2.05) is 24.3 Å². The maximum atomic E-state index is 9.94. The molecule has 2 aromatic heterocycles. The molecule has 0 radical (unpaired) electrons. The molecule has 1 aromatic carbocycles. The molecule has 0 saturated carbocycles. The number of nitrogens with zero attached hydrogens (tertiary/aromatic N) is 3. The number of hydrogen-bond donors (Lipinski definition) is 2. The summed E-state index contributed by atoms with van der Waals surface area (Å²) in [6.07, 6.45) is -1.75. The van der Waals surface area contributed by atoms with Gasteiger partial charge in [-0.25, -0.2) is 4.98 Å². The van der Waals surface area contributed by atoms with Crippen molar-refractivity contribution in [3.05, 3.63) is 40.9 Å². The summed E-state index contributed by atoms with van der Waals surface area (Å²) in [7, 11) is 0. The number of aromatic nitrogens is 2. The van der Waals surface area contributed by atoms with Gasteiger partial charge in [0.25, 0.3) is 0 Å². The predicted octanol–water partition coefficient (Wildman–Crippen LogP) is 2.50. The molecule has 176 valence electrons. The van der Waals surface area contributed by atoms with Crippen molar-refractivity contribution in [3.63, 3.8) is 0 Å². The third-order valence-corrected chi connectivity index (χ3v) is 6.94.